The van der Waals surface area contributed by atoms with Crippen LogP contribution in [0.25, 0.3) is 0 Å². The SMILES string of the molecule is Cl.Cl.O=C(CCc1ccccn1)N1C2CCNCC1CC2. The number of nitrogens with one attached hydrogen (secondary N) is 1. The van der Waals surface area contributed by atoms with E-state index in [0.717, 1.165) is 38.0 Å². The van der Waals surface area contributed by atoms with Crippen LogP contribution in [-0.4, -0.2) is 41.0 Å². The number of aryl methyl sites for hydroxylation is 1. The van der Waals surface area contributed by atoms with Gasteiger partial charge in [-0.25, -0.2) is 0 Å². The minimum Gasteiger partial charge on any atom is -0.335 e. The summed E-state index contributed by atoms with van der Waals surface area (Å²) in [6.07, 6.45) is 6.58. The molecule has 2 atom stereocenters. The molecule has 21 heavy (non-hydrogen) atoms. The Morgan fingerprint density at radius 3 is 2.81 bits per heavy atom. The fourth-order valence-corrected chi connectivity index (χ4v) is 3.30. The third kappa shape index (κ3) is 4.31. The van der Waals surface area contributed by atoms with E-state index in [9.17, 15) is 4.79 Å². The average Bonchev–Trinajstić information content (AvgIpc) is 2.71. The van der Waals surface area contributed by atoms with Gasteiger partial charge in [-0.2, -0.15) is 0 Å². The van der Waals surface area contributed by atoms with Crippen LogP contribution in [-0.2, 0) is 11.2 Å². The molecule has 118 valence electrons. The lowest BCUT2D eigenvalue weighted by Crippen LogP contribution is -2.42. The molecule has 2 aliphatic heterocycles. The summed E-state index contributed by atoms with van der Waals surface area (Å²) >= 11 is 0. The van der Waals surface area contributed by atoms with Crippen LogP contribution in [0.15, 0.2) is 24.4 Å². The van der Waals surface area contributed by atoms with Crippen LogP contribution in [0.5, 0.6) is 0 Å². The van der Waals surface area contributed by atoms with E-state index < -0.39 is 0 Å². The molecule has 2 unspecified atom stereocenters. The Labute approximate surface area is 138 Å². The maximum absolute atomic E-state index is 12.5. The average molecular weight is 332 g/mol. The van der Waals surface area contributed by atoms with Gasteiger partial charge >= 0.3 is 0 Å². The molecular weight excluding hydrogens is 309 g/mol. The van der Waals surface area contributed by atoms with Gasteiger partial charge < -0.3 is 10.2 Å². The fraction of sp³-hybridized carbons (Fsp3) is 0.600. The first-order valence-corrected chi connectivity index (χ1v) is 7.26. The van der Waals surface area contributed by atoms with E-state index in [0.29, 0.717) is 24.4 Å². The Morgan fingerprint density at radius 2 is 2.05 bits per heavy atom. The standard InChI is InChI=1S/C15H21N3O.2ClH/c19-15(7-4-12-3-1-2-9-17-12)18-13-5-6-14(18)11-16-10-8-13;;/h1-3,9,13-14,16H,4-8,10-11H2;2*1H. The van der Waals surface area contributed by atoms with Crippen LogP contribution in [0.3, 0.4) is 0 Å². The summed E-state index contributed by atoms with van der Waals surface area (Å²) < 4.78 is 0. The fourth-order valence-electron chi connectivity index (χ4n) is 3.30. The van der Waals surface area contributed by atoms with Crippen molar-refractivity contribution < 1.29 is 4.79 Å². The van der Waals surface area contributed by atoms with Crippen molar-refractivity contribution in [2.75, 3.05) is 13.1 Å². The molecule has 2 bridgehead atoms. The zero-order chi connectivity index (χ0) is 13.1. The van der Waals surface area contributed by atoms with Gasteiger partial charge in [-0.15, -0.1) is 24.8 Å². The lowest BCUT2D eigenvalue weighted by Gasteiger charge is -2.28. The Kier molecular flexibility index (Phi) is 7.43. The highest BCUT2D eigenvalue weighted by molar-refractivity contribution is 5.85. The van der Waals surface area contributed by atoms with Gasteiger partial charge in [0.25, 0.3) is 0 Å². The van der Waals surface area contributed by atoms with Crippen LogP contribution in [0.4, 0.5) is 0 Å². The number of carbonyl (C=O) groups excluding carboxylic acids is 1. The summed E-state index contributed by atoms with van der Waals surface area (Å²) in [6, 6.07) is 6.77. The first-order chi connectivity index (χ1) is 9.34. The summed E-state index contributed by atoms with van der Waals surface area (Å²) in [6.45, 7) is 2.01. The molecule has 1 amide bonds. The summed E-state index contributed by atoms with van der Waals surface area (Å²) in [5, 5.41) is 3.43. The number of aromatic nitrogens is 1. The lowest BCUT2D eigenvalue weighted by molar-refractivity contribution is -0.133. The predicted molar refractivity (Wildman–Crippen MR) is 88.2 cm³/mol. The molecule has 0 aliphatic carbocycles. The van der Waals surface area contributed by atoms with E-state index in [2.05, 4.69) is 15.2 Å². The molecule has 6 heteroatoms. The number of halogens is 2. The summed E-state index contributed by atoms with van der Waals surface area (Å²) in [4.78, 5) is 18.9. The highest BCUT2D eigenvalue weighted by Gasteiger charge is 2.37. The zero-order valence-electron chi connectivity index (χ0n) is 12.0. The molecule has 0 radical (unpaired) electrons. The third-order valence-corrected chi connectivity index (χ3v) is 4.26. The Balaban J connectivity index is 0.00000110. The molecule has 3 heterocycles. The number of rotatable bonds is 3. The van der Waals surface area contributed by atoms with Crippen molar-refractivity contribution in [3.05, 3.63) is 30.1 Å². The van der Waals surface area contributed by atoms with Gasteiger partial charge in [0.05, 0.1) is 0 Å². The van der Waals surface area contributed by atoms with E-state index in [-0.39, 0.29) is 24.8 Å². The molecule has 2 saturated heterocycles. The molecule has 1 N–H and O–H groups in total. The molecule has 2 fully saturated rings. The Morgan fingerprint density at radius 1 is 1.24 bits per heavy atom. The summed E-state index contributed by atoms with van der Waals surface area (Å²) in [5.74, 6) is 0.307. The van der Waals surface area contributed by atoms with Gasteiger partial charge in [0.2, 0.25) is 5.91 Å². The number of carbonyl (C=O) groups is 1. The molecular formula is C15H23Cl2N3O. The van der Waals surface area contributed by atoms with Crippen molar-refractivity contribution >= 4 is 30.7 Å². The Hall–Kier alpha value is -0.840. The monoisotopic (exact) mass is 331 g/mol. The van der Waals surface area contributed by atoms with Gasteiger partial charge in [-0.1, -0.05) is 6.07 Å². The normalized spacial score (nSPS) is 23.7. The number of fused-ring (bicyclic) bond motifs is 2. The van der Waals surface area contributed by atoms with Gasteiger partial charge in [-0.05, 0) is 44.4 Å². The topological polar surface area (TPSA) is 45.2 Å². The summed E-state index contributed by atoms with van der Waals surface area (Å²) in [5.41, 5.74) is 1.01. The number of hydrogen-bond acceptors (Lipinski definition) is 3. The maximum Gasteiger partial charge on any atom is 0.223 e. The quantitative estimate of drug-likeness (QED) is 0.923. The smallest absolute Gasteiger partial charge is 0.223 e. The third-order valence-electron chi connectivity index (χ3n) is 4.26. The number of nitrogens with zero attached hydrogens (tertiary/aromatic N) is 2. The molecule has 4 nitrogen and oxygen atoms in total. The first-order valence-electron chi connectivity index (χ1n) is 7.26. The largest absolute Gasteiger partial charge is 0.335 e. The van der Waals surface area contributed by atoms with Crippen molar-refractivity contribution in [1.29, 1.82) is 0 Å². The minimum absolute atomic E-state index is 0. The number of pyridine rings is 1. The number of hydrogen-bond donors (Lipinski definition) is 1. The van der Waals surface area contributed by atoms with E-state index in [1.165, 1.54) is 6.42 Å². The first kappa shape index (κ1) is 18.2. The van der Waals surface area contributed by atoms with Gasteiger partial charge in [0, 0.05) is 36.9 Å². The van der Waals surface area contributed by atoms with E-state index in [4.69, 9.17) is 0 Å². The molecule has 3 rings (SSSR count). The van der Waals surface area contributed by atoms with Gasteiger partial charge in [-0.3, -0.25) is 9.78 Å². The van der Waals surface area contributed by atoms with Crippen LogP contribution in [0.1, 0.15) is 31.4 Å². The molecule has 2 aliphatic rings. The van der Waals surface area contributed by atoms with Gasteiger partial charge in [0.1, 0.15) is 0 Å². The van der Waals surface area contributed by atoms with Crippen LogP contribution in [0, 0.1) is 0 Å². The number of amides is 1. The van der Waals surface area contributed by atoms with Crippen LogP contribution < -0.4 is 5.32 Å². The molecule has 0 saturated carbocycles. The highest BCUT2D eigenvalue weighted by Crippen LogP contribution is 2.28. The second-order valence-electron chi connectivity index (χ2n) is 5.50. The minimum atomic E-state index is 0. The molecule has 1 aromatic heterocycles. The van der Waals surface area contributed by atoms with Crippen LogP contribution in [0.2, 0.25) is 0 Å². The molecule has 0 spiro atoms. The van der Waals surface area contributed by atoms with E-state index in [1.807, 2.05) is 18.2 Å². The second kappa shape index (κ2) is 8.57. The predicted octanol–water partition coefficient (Wildman–Crippen LogP) is 2.21. The lowest BCUT2D eigenvalue weighted by atomic mass is 10.1. The van der Waals surface area contributed by atoms with E-state index >= 15 is 0 Å². The van der Waals surface area contributed by atoms with Crippen molar-refractivity contribution in [1.82, 2.24) is 15.2 Å². The zero-order valence-corrected chi connectivity index (χ0v) is 13.7. The van der Waals surface area contributed by atoms with Crippen molar-refractivity contribution in [2.24, 2.45) is 0 Å². The van der Waals surface area contributed by atoms with Crippen molar-refractivity contribution in [3.8, 4) is 0 Å². The van der Waals surface area contributed by atoms with Crippen molar-refractivity contribution in [2.45, 2.75) is 44.2 Å². The van der Waals surface area contributed by atoms with Gasteiger partial charge in [0.15, 0.2) is 0 Å². The highest BCUT2D eigenvalue weighted by atomic mass is 35.5. The molecule has 0 aromatic carbocycles. The molecule has 1 aromatic rings. The summed E-state index contributed by atoms with van der Waals surface area (Å²) in [7, 11) is 0. The van der Waals surface area contributed by atoms with E-state index in [1.54, 1.807) is 6.20 Å². The second-order valence-corrected chi connectivity index (χ2v) is 5.50. The maximum atomic E-state index is 12.5. The van der Waals surface area contributed by atoms with Crippen molar-refractivity contribution in [3.63, 3.8) is 0 Å². The Bertz CT molecular complexity index is 430. The van der Waals surface area contributed by atoms with Crippen LogP contribution >= 0.6 is 24.8 Å².